The van der Waals surface area contributed by atoms with Crippen LogP contribution in [0.4, 0.5) is 0 Å². The normalized spacial score (nSPS) is 11.3. The van der Waals surface area contributed by atoms with Crippen molar-refractivity contribution >= 4 is 33.8 Å². The van der Waals surface area contributed by atoms with Crippen molar-refractivity contribution in [2.24, 2.45) is 0 Å². The van der Waals surface area contributed by atoms with Crippen LogP contribution in [0.5, 0.6) is 0 Å². The molecule has 0 fully saturated rings. The van der Waals surface area contributed by atoms with Crippen molar-refractivity contribution in [3.05, 3.63) is 90.8 Å². The third kappa shape index (κ3) is 3.85. The molecule has 32 heavy (non-hydrogen) atoms. The summed E-state index contributed by atoms with van der Waals surface area (Å²) in [5.41, 5.74) is 7.55. The lowest BCUT2D eigenvalue weighted by Crippen LogP contribution is -1.91. The van der Waals surface area contributed by atoms with Gasteiger partial charge in [0.05, 0.1) is 23.1 Å². The summed E-state index contributed by atoms with van der Waals surface area (Å²) in [6, 6.07) is 24.8. The van der Waals surface area contributed by atoms with Gasteiger partial charge in [-0.25, -0.2) is 5.26 Å². The second kappa shape index (κ2) is 9.06. The van der Waals surface area contributed by atoms with E-state index < -0.39 is 0 Å². The first-order valence-corrected chi connectivity index (χ1v) is 11.0. The molecule has 5 nitrogen and oxygen atoms in total. The Morgan fingerprint density at radius 3 is 1.75 bits per heavy atom. The molecule has 0 aliphatic carbocycles. The van der Waals surface area contributed by atoms with Crippen molar-refractivity contribution in [2.75, 3.05) is 0 Å². The number of hydrogen-bond donors (Lipinski definition) is 1. The number of benzene rings is 3. The highest BCUT2D eigenvalue weighted by Crippen LogP contribution is 2.35. The molecule has 0 saturated heterocycles. The molecule has 2 heterocycles. The minimum Gasteiger partial charge on any atom is -0.254 e. The van der Waals surface area contributed by atoms with Crippen LogP contribution in [0.3, 0.4) is 0 Å². The predicted octanol–water partition coefficient (Wildman–Crippen LogP) is 7.11. The molecule has 0 radical (unpaired) electrons. The second-order valence-electron chi connectivity index (χ2n) is 7.38. The molecule has 158 valence electrons. The zero-order chi connectivity index (χ0) is 21.9. The van der Waals surface area contributed by atoms with Gasteiger partial charge < -0.3 is 0 Å². The average Bonchev–Trinajstić information content (AvgIpc) is 2.87. The second-order valence-corrected chi connectivity index (χ2v) is 8.15. The van der Waals surface area contributed by atoms with Gasteiger partial charge in [-0.2, -0.15) is 0 Å². The molecule has 0 saturated carbocycles. The molecule has 0 atom stereocenters. The van der Waals surface area contributed by atoms with Gasteiger partial charge in [0.2, 0.25) is 0 Å². The Morgan fingerprint density at radius 2 is 1.25 bits per heavy atom. The van der Waals surface area contributed by atoms with E-state index in [4.69, 9.17) is 10.2 Å². The number of hydrogen-bond acceptors (Lipinski definition) is 6. The largest absolute Gasteiger partial charge is 0.254 e. The van der Waals surface area contributed by atoms with Crippen LogP contribution in [0.1, 0.15) is 12.5 Å². The zero-order valence-corrected chi connectivity index (χ0v) is 18.2. The van der Waals surface area contributed by atoms with Crippen LogP contribution in [-0.2, 0) is 15.8 Å². The molecule has 0 aliphatic rings. The minimum atomic E-state index is 0.812. The summed E-state index contributed by atoms with van der Waals surface area (Å²) < 4.78 is 4.50. The molecule has 0 amide bonds. The van der Waals surface area contributed by atoms with Crippen LogP contribution in [0, 0.1) is 0 Å². The summed E-state index contributed by atoms with van der Waals surface area (Å²) >= 11 is 0.937. The van der Waals surface area contributed by atoms with Gasteiger partial charge in [0.15, 0.2) is 0 Å². The smallest absolute Gasteiger partial charge is 0.0970 e. The Labute approximate surface area is 189 Å². The molecule has 0 aliphatic heterocycles. The number of fused-ring (bicyclic) bond motifs is 3. The van der Waals surface area contributed by atoms with Crippen LogP contribution in [0.2, 0.25) is 0 Å². The van der Waals surface area contributed by atoms with E-state index in [9.17, 15) is 0 Å². The van der Waals surface area contributed by atoms with Crippen molar-refractivity contribution in [3.63, 3.8) is 0 Å². The van der Waals surface area contributed by atoms with Crippen molar-refractivity contribution in [1.82, 2.24) is 9.97 Å². The molecular weight excluding hydrogens is 420 g/mol. The van der Waals surface area contributed by atoms with Crippen LogP contribution in [-0.4, -0.2) is 15.2 Å². The van der Waals surface area contributed by atoms with E-state index in [0.717, 1.165) is 61.9 Å². The van der Waals surface area contributed by atoms with E-state index in [1.807, 2.05) is 42.7 Å². The van der Waals surface area contributed by atoms with Gasteiger partial charge in [-0.05, 0) is 58.5 Å². The third-order valence-electron chi connectivity index (χ3n) is 5.62. The fraction of sp³-hybridized carbons (Fsp3) is 0.0769. The fourth-order valence-corrected chi connectivity index (χ4v) is 4.35. The minimum absolute atomic E-state index is 0.812. The lowest BCUT2D eigenvalue weighted by Gasteiger charge is -2.11. The number of aryl methyl sites for hydroxylation is 1. The van der Waals surface area contributed by atoms with E-state index in [1.165, 1.54) is 11.1 Å². The Kier molecular flexibility index (Phi) is 5.83. The number of aromatic nitrogens is 2. The monoisotopic (exact) mass is 440 g/mol. The Bertz CT molecular complexity index is 1390. The van der Waals surface area contributed by atoms with E-state index in [0.29, 0.717) is 0 Å². The van der Waals surface area contributed by atoms with E-state index in [1.54, 1.807) is 0 Å². The van der Waals surface area contributed by atoms with Crippen molar-refractivity contribution in [1.29, 1.82) is 0 Å². The molecular formula is C26H20N2O3S. The Balaban J connectivity index is 1.62. The average molecular weight is 441 g/mol. The zero-order valence-electron chi connectivity index (χ0n) is 17.4. The maximum absolute atomic E-state index is 8.32. The topological polar surface area (TPSA) is 64.5 Å². The summed E-state index contributed by atoms with van der Waals surface area (Å²) in [7, 11) is 0. The van der Waals surface area contributed by atoms with Crippen molar-refractivity contribution in [3.8, 4) is 22.3 Å². The summed E-state index contributed by atoms with van der Waals surface area (Å²) in [6.07, 6.45) is 4.71. The SMILES string of the molecule is CCc1ccc(-c2ccnc3c2ccc2c(-c4ccc(SOOO)cc4)ccnc23)cc1. The van der Waals surface area contributed by atoms with Crippen LogP contribution >= 0.6 is 12.0 Å². The fourth-order valence-electron chi connectivity index (χ4n) is 4.00. The van der Waals surface area contributed by atoms with Gasteiger partial charge in [-0.15, -0.1) is 4.33 Å². The van der Waals surface area contributed by atoms with E-state index in [2.05, 4.69) is 63.7 Å². The Morgan fingerprint density at radius 1 is 0.719 bits per heavy atom. The van der Waals surface area contributed by atoms with Gasteiger partial charge in [0.1, 0.15) is 0 Å². The quantitative estimate of drug-likeness (QED) is 0.131. The molecule has 2 aromatic heterocycles. The molecule has 0 bridgehead atoms. The highest BCUT2D eigenvalue weighted by atomic mass is 32.2. The molecule has 1 N–H and O–H groups in total. The van der Waals surface area contributed by atoms with Gasteiger partial charge in [0, 0.05) is 28.1 Å². The summed E-state index contributed by atoms with van der Waals surface area (Å²) in [4.78, 5) is 10.2. The third-order valence-corrected chi connectivity index (χ3v) is 6.21. The van der Waals surface area contributed by atoms with Crippen LogP contribution in [0.25, 0.3) is 44.1 Å². The highest BCUT2D eigenvalue weighted by molar-refractivity contribution is 7.94. The summed E-state index contributed by atoms with van der Waals surface area (Å²) in [5, 5.41) is 14.1. The summed E-state index contributed by atoms with van der Waals surface area (Å²) in [6.45, 7) is 2.16. The van der Waals surface area contributed by atoms with Crippen LogP contribution < -0.4 is 0 Å². The first-order chi connectivity index (χ1) is 15.8. The van der Waals surface area contributed by atoms with Gasteiger partial charge >= 0.3 is 0 Å². The van der Waals surface area contributed by atoms with E-state index in [-0.39, 0.29) is 0 Å². The number of pyridine rings is 2. The first kappa shape index (κ1) is 20.6. The maximum Gasteiger partial charge on any atom is 0.0970 e. The van der Waals surface area contributed by atoms with Gasteiger partial charge in [-0.3, -0.25) is 9.97 Å². The molecule has 3 aromatic carbocycles. The Hall–Kier alpha value is -3.29. The molecule has 5 rings (SSSR count). The molecule has 0 spiro atoms. The standard InChI is InChI=1S/C26H20N2O3S/c1-2-17-3-5-18(6-4-17)21-13-15-27-25-23(21)11-12-24-22(14-16-28-26(24)25)19-7-9-20(10-8-19)32-31-30-29/h3-16,29H,2H2,1H3. The lowest BCUT2D eigenvalue weighted by atomic mass is 9.96. The maximum atomic E-state index is 8.32. The summed E-state index contributed by atoms with van der Waals surface area (Å²) in [5.74, 6) is 0. The molecule has 6 heteroatoms. The predicted molar refractivity (Wildman–Crippen MR) is 128 cm³/mol. The number of nitrogens with zero attached hydrogens (tertiary/aromatic N) is 2. The highest BCUT2D eigenvalue weighted by Gasteiger charge is 2.12. The van der Waals surface area contributed by atoms with Crippen LogP contribution in [0.15, 0.2) is 90.1 Å². The van der Waals surface area contributed by atoms with Gasteiger partial charge in [0.25, 0.3) is 0 Å². The van der Waals surface area contributed by atoms with Crippen molar-refractivity contribution in [2.45, 2.75) is 18.2 Å². The van der Waals surface area contributed by atoms with Crippen molar-refractivity contribution < 1.29 is 14.6 Å². The lowest BCUT2D eigenvalue weighted by molar-refractivity contribution is -0.432. The van der Waals surface area contributed by atoms with Gasteiger partial charge in [-0.1, -0.05) is 60.5 Å². The van der Waals surface area contributed by atoms with E-state index >= 15 is 0 Å². The first-order valence-electron chi connectivity index (χ1n) is 10.3. The molecule has 5 aromatic rings. The molecule has 0 unspecified atom stereocenters. The number of rotatable bonds is 6.